The zero-order chi connectivity index (χ0) is 13.9. The number of hydrogen-bond donors (Lipinski definition) is 1. The van der Waals surface area contributed by atoms with E-state index in [1.165, 1.54) is 12.0 Å². The number of amides is 1. The van der Waals surface area contributed by atoms with Gasteiger partial charge in [0.15, 0.2) is 5.76 Å². The van der Waals surface area contributed by atoms with Crippen LogP contribution in [0.1, 0.15) is 17.0 Å². The molecule has 1 aromatic carbocycles. The van der Waals surface area contributed by atoms with Crippen molar-refractivity contribution >= 4 is 27.5 Å². The molecule has 4 nitrogen and oxygen atoms in total. The van der Waals surface area contributed by atoms with Gasteiger partial charge in [-0.2, -0.15) is 0 Å². The number of benzene rings is 1. The van der Waals surface area contributed by atoms with Crippen molar-refractivity contribution in [2.75, 3.05) is 18.0 Å². The SMILES string of the molecule is O=C(N[C@H]1CCN(c2ccc(Br)cc2)C1)c1ccco1. The van der Waals surface area contributed by atoms with Crippen molar-refractivity contribution in [2.24, 2.45) is 0 Å². The summed E-state index contributed by atoms with van der Waals surface area (Å²) in [7, 11) is 0. The van der Waals surface area contributed by atoms with E-state index in [4.69, 9.17) is 4.42 Å². The summed E-state index contributed by atoms with van der Waals surface area (Å²) in [4.78, 5) is 14.2. The Morgan fingerprint density at radius 3 is 2.80 bits per heavy atom. The first-order valence-corrected chi connectivity index (χ1v) is 7.36. The molecule has 1 amide bonds. The summed E-state index contributed by atoms with van der Waals surface area (Å²) in [5.74, 6) is 0.227. The summed E-state index contributed by atoms with van der Waals surface area (Å²) in [6.07, 6.45) is 2.46. The van der Waals surface area contributed by atoms with Crippen molar-refractivity contribution < 1.29 is 9.21 Å². The van der Waals surface area contributed by atoms with Gasteiger partial charge in [-0.3, -0.25) is 4.79 Å². The van der Waals surface area contributed by atoms with Gasteiger partial charge >= 0.3 is 0 Å². The molecule has 1 N–H and O–H groups in total. The zero-order valence-electron chi connectivity index (χ0n) is 10.9. The molecule has 20 heavy (non-hydrogen) atoms. The van der Waals surface area contributed by atoms with Crippen molar-refractivity contribution in [3.05, 3.63) is 52.9 Å². The van der Waals surface area contributed by atoms with Gasteiger partial charge in [0.1, 0.15) is 0 Å². The van der Waals surface area contributed by atoms with E-state index < -0.39 is 0 Å². The van der Waals surface area contributed by atoms with Gasteiger partial charge in [0, 0.05) is 29.3 Å². The van der Waals surface area contributed by atoms with Crippen molar-refractivity contribution in [2.45, 2.75) is 12.5 Å². The molecule has 1 saturated heterocycles. The molecule has 2 heterocycles. The van der Waals surface area contributed by atoms with Gasteiger partial charge in [0.05, 0.1) is 6.26 Å². The molecule has 1 atom stereocenters. The standard InChI is InChI=1S/C15H15BrN2O2/c16-11-3-5-13(6-4-11)18-8-7-12(10-18)17-15(19)14-2-1-9-20-14/h1-6,9,12H,7-8,10H2,(H,17,19)/t12-/m0/s1. The fraction of sp³-hybridized carbons (Fsp3) is 0.267. The Hall–Kier alpha value is -1.75. The number of carbonyl (C=O) groups excluding carboxylic acids is 1. The average Bonchev–Trinajstić information content (AvgIpc) is 3.10. The number of nitrogens with zero attached hydrogens (tertiary/aromatic N) is 1. The third-order valence-corrected chi connectivity index (χ3v) is 3.99. The first-order valence-electron chi connectivity index (χ1n) is 6.57. The summed E-state index contributed by atoms with van der Waals surface area (Å²) >= 11 is 3.43. The number of furan rings is 1. The quantitative estimate of drug-likeness (QED) is 0.938. The van der Waals surface area contributed by atoms with E-state index in [1.54, 1.807) is 12.1 Å². The van der Waals surface area contributed by atoms with E-state index in [2.05, 4.69) is 38.3 Å². The average molecular weight is 335 g/mol. The van der Waals surface area contributed by atoms with Crippen LogP contribution in [0.2, 0.25) is 0 Å². The van der Waals surface area contributed by atoms with E-state index in [1.807, 2.05) is 12.1 Å². The lowest BCUT2D eigenvalue weighted by Gasteiger charge is -2.19. The van der Waals surface area contributed by atoms with Gasteiger partial charge in [-0.25, -0.2) is 0 Å². The predicted octanol–water partition coefficient (Wildman–Crippen LogP) is 3.05. The Kier molecular flexibility index (Phi) is 3.78. The van der Waals surface area contributed by atoms with Gasteiger partial charge in [-0.1, -0.05) is 15.9 Å². The topological polar surface area (TPSA) is 45.5 Å². The molecule has 2 aromatic rings. The van der Waals surface area contributed by atoms with Gasteiger partial charge in [-0.05, 0) is 42.8 Å². The summed E-state index contributed by atoms with van der Waals surface area (Å²) < 4.78 is 6.17. The van der Waals surface area contributed by atoms with Crippen LogP contribution in [0, 0.1) is 0 Å². The zero-order valence-corrected chi connectivity index (χ0v) is 12.5. The van der Waals surface area contributed by atoms with Gasteiger partial charge in [0.2, 0.25) is 0 Å². The van der Waals surface area contributed by atoms with E-state index >= 15 is 0 Å². The summed E-state index contributed by atoms with van der Waals surface area (Å²) in [5.41, 5.74) is 1.18. The highest BCUT2D eigenvalue weighted by molar-refractivity contribution is 9.10. The molecule has 0 radical (unpaired) electrons. The number of anilines is 1. The van der Waals surface area contributed by atoms with E-state index in [9.17, 15) is 4.79 Å². The molecular formula is C15H15BrN2O2. The lowest BCUT2D eigenvalue weighted by molar-refractivity contribution is 0.0912. The number of hydrogen-bond acceptors (Lipinski definition) is 3. The first-order chi connectivity index (χ1) is 9.72. The second-order valence-corrected chi connectivity index (χ2v) is 5.77. The molecule has 1 fully saturated rings. The maximum absolute atomic E-state index is 11.9. The number of carbonyl (C=O) groups is 1. The minimum Gasteiger partial charge on any atom is -0.459 e. The van der Waals surface area contributed by atoms with Crippen LogP contribution in [0.5, 0.6) is 0 Å². The van der Waals surface area contributed by atoms with Crippen molar-refractivity contribution in [3.8, 4) is 0 Å². The molecule has 104 valence electrons. The third kappa shape index (κ3) is 2.88. The van der Waals surface area contributed by atoms with Crippen molar-refractivity contribution in [1.29, 1.82) is 0 Å². The molecule has 5 heteroatoms. The summed E-state index contributed by atoms with van der Waals surface area (Å²) in [5, 5.41) is 3.01. The van der Waals surface area contributed by atoms with Crippen LogP contribution < -0.4 is 10.2 Å². The van der Waals surface area contributed by atoms with Crippen molar-refractivity contribution in [3.63, 3.8) is 0 Å². The van der Waals surface area contributed by atoms with Crippen LogP contribution in [0.3, 0.4) is 0 Å². The van der Waals surface area contributed by atoms with E-state index in [0.29, 0.717) is 5.76 Å². The highest BCUT2D eigenvalue weighted by atomic mass is 79.9. The molecule has 0 spiro atoms. The largest absolute Gasteiger partial charge is 0.459 e. The fourth-order valence-electron chi connectivity index (χ4n) is 2.43. The molecule has 0 unspecified atom stereocenters. The normalized spacial score (nSPS) is 18.2. The maximum Gasteiger partial charge on any atom is 0.287 e. The molecule has 3 rings (SSSR count). The molecule has 0 bridgehead atoms. The van der Waals surface area contributed by atoms with Crippen molar-refractivity contribution in [1.82, 2.24) is 5.32 Å². The predicted molar refractivity (Wildman–Crippen MR) is 80.9 cm³/mol. The van der Waals surface area contributed by atoms with Gasteiger partial charge in [0.25, 0.3) is 5.91 Å². The fourth-order valence-corrected chi connectivity index (χ4v) is 2.69. The van der Waals surface area contributed by atoms with Crippen LogP contribution in [0.15, 0.2) is 51.6 Å². The Morgan fingerprint density at radius 2 is 2.10 bits per heavy atom. The van der Waals surface area contributed by atoms with E-state index in [-0.39, 0.29) is 11.9 Å². The molecule has 1 aliphatic heterocycles. The Labute approximate surface area is 125 Å². The maximum atomic E-state index is 11.9. The van der Waals surface area contributed by atoms with E-state index in [0.717, 1.165) is 24.0 Å². The number of halogens is 1. The van der Waals surface area contributed by atoms with Crippen LogP contribution >= 0.6 is 15.9 Å². The monoisotopic (exact) mass is 334 g/mol. The Morgan fingerprint density at radius 1 is 1.30 bits per heavy atom. The van der Waals surface area contributed by atoms with Gasteiger partial charge < -0.3 is 14.6 Å². The second-order valence-electron chi connectivity index (χ2n) is 4.86. The minimum absolute atomic E-state index is 0.141. The minimum atomic E-state index is -0.141. The summed E-state index contributed by atoms with van der Waals surface area (Å²) in [6.45, 7) is 1.78. The first kappa shape index (κ1) is 13.2. The third-order valence-electron chi connectivity index (χ3n) is 3.46. The molecule has 1 aromatic heterocycles. The van der Waals surface area contributed by atoms with Crippen LogP contribution in [-0.2, 0) is 0 Å². The van der Waals surface area contributed by atoms with Crippen LogP contribution in [0.4, 0.5) is 5.69 Å². The smallest absolute Gasteiger partial charge is 0.287 e. The second kappa shape index (κ2) is 5.71. The highest BCUT2D eigenvalue weighted by Gasteiger charge is 2.25. The molecule has 1 aliphatic rings. The lowest BCUT2D eigenvalue weighted by Crippen LogP contribution is -2.36. The van der Waals surface area contributed by atoms with Gasteiger partial charge in [-0.15, -0.1) is 0 Å². The number of rotatable bonds is 3. The van der Waals surface area contributed by atoms with Crippen LogP contribution in [0.25, 0.3) is 0 Å². The Balaban J connectivity index is 1.59. The van der Waals surface area contributed by atoms with Crippen LogP contribution in [-0.4, -0.2) is 25.0 Å². The summed E-state index contributed by atoms with van der Waals surface area (Å²) in [6, 6.07) is 11.8. The highest BCUT2D eigenvalue weighted by Crippen LogP contribution is 2.22. The Bertz CT molecular complexity index is 580. The number of nitrogens with one attached hydrogen (secondary N) is 1. The molecular weight excluding hydrogens is 320 g/mol. The molecule has 0 aliphatic carbocycles. The lowest BCUT2D eigenvalue weighted by atomic mass is 10.2. The molecule has 0 saturated carbocycles.